The molecule has 314 valence electrons. The average Bonchev–Trinajstić information content (AvgIpc) is 3.13. The predicted octanol–water partition coefficient (Wildman–Crippen LogP) is -8.96. The van der Waals surface area contributed by atoms with Gasteiger partial charge in [-0.25, -0.2) is 4.79 Å². The summed E-state index contributed by atoms with van der Waals surface area (Å²) in [6.07, 6.45) is -0.0865. The van der Waals surface area contributed by atoms with E-state index in [2.05, 4.69) is 52.5 Å². The summed E-state index contributed by atoms with van der Waals surface area (Å²) in [5.74, 6) is -9.57. The van der Waals surface area contributed by atoms with E-state index < -0.39 is 129 Å². The number of hydrogen-bond donors (Lipinski definition) is 15. The Kier molecular flexibility index (Phi) is 24.4. The Morgan fingerprint density at radius 3 is 1.27 bits per heavy atom. The number of aliphatic carboxylic acids is 2. The van der Waals surface area contributed by atoms with E-state index in [-0.39, 0.29) is 44.3 Å². The molecule has 56 heavy (non-hydrogen) atoms. The zero-order valence-electron chi connectivity index (χ0n) is 30.4. The summed E-state index contributed by atoms with van der Waals surface area (Å²) in [6.45, 7) is -3.37. The average molecular weight is 802 g/mol. The second-order valence-electron chi connectivity index (χ2n) is 11.6. The molecule has 0 aliphatic carbocycles. The van der Waals surface area contributed by atoms with Crippen LogP contribution in [-0.2, 0) is 47.9 Å². The molecule has 0 fully saturated rings. The van der Waals surface area contributed by atoms with Crippen LogP contribution in [0.5, 0.6) is 0 Å². The fourth-order valence-corrected chi connectivity index (χ4v) is 3.99. The topological polar surface area (TPSA) is 462 Å². The van der Waals surface area contributed by atoms with E-state index in [4.69, 9.17) is 33.8 Å². The van der Waals surface area contributed by atoms with Gasteiger partial charge in [-0.2, -0.15) is 0 Å². The first-order valence-electron chi connectivity index (χ1n) is 16.8. The van der Waals surface area contributed by atoms with Crippen molar-refractivity contribution in [1.29, 1.82) is 0 Å². The summed E-state index contributed by atoms with van der Waals surface area (Å²) < 4.78 is 0. The van der Waals surface area contributed by atoms with Gasteiger partial charge in [0.05, 0.1) is 45.3 Å². The number of nitrogens with one attached hydrogen (secondary N) is 8. The molecule has 8 amide bonds. The fourth-order valence-electron chi connectivity index (χ4n) is 3.99. The van der Waals surface area contributed by atoms with Crippen molar-refractivity contribution in [2.75, 3.05) is 52.4 Å². The van der Waals surface area contributed by atoms with E-state index in [1.54, 1.807) is 0 Å². The number of nitrogens with two attached hydrogens (primary N) is 5. The normalized spacial score (nSPS) is 11.8. The lowest BCUT2D eigenvalue weighted by molar-refractivity contribution is -0.142. The quantitative estimate of drug-likeness (QED) is 0.0198. The number of carbonyl (C=O) groups is 10. The lowest BCUT2D eigenvalue weighted by Crippen LogP contribution is -2.52. The number of aliphatic imine (C=N–C) groups is 2. The molecule has 20 N–H and O–H groups in total. The summed E-state index contributed by atoms with van der Waals surface area (Å²) in [6, 6.07) is -3.68. The van der Waals surface area contributed by atoms with Crippen LogP contribution in [0, 0.1) is 0 Å². The zero-order valence-corrected chi connectivity index (χ0v) is 30.4. The van der Waals surface area contributed by atoms with Crippen LogP contribution in [0.1, 0.15) is 38.5 Å². The largest absolute Gasteiger partial charge is 0.481 e. The molecule has 3 atom stereocenters. The zero-order chi connectivity index (χ0) is 42.6. The number of carboxylic acid groups (broad SMARTS) is 2. The molecule has 0 heterocycles. The molecule has 0 spiro atoms. The summed E-state index contributed by atoms with van der Waals surface area (Å²) >= 11 is 0. The van der Waals surface area contributed by atoms with Crippen molar-refractivity contribution in [1.82, 2.24) is 42.5 Å². The molecule has 0 radical (unpaired) electrons. The molecule has 0 unspecified atom stereocenters. The van der Waals surface area contributed by atoms with Gasteiger partial charge in [-0.3, -0.25) is 53.1 Å². The summed E-state index contributed by atoms with van der Waals surface area (Å²) in [5.41, 5.74) is 26.5. The fraction of sp³-hybridized carbons (Fsp3) is 0.586. The van der Waals surface area contributed by atoms with E-state index in [1.165, 1.54) is 0 Å². The number of hydrogen-bond acceptors (Lipinski definition) is 13. The van der Waals surface area contributed by atoms with Gasteiger partial charge in [-0.1, -0.05) is 0 Å². The van der Waals surface area contributed by atoms with Gasteiger partial charge < -0.3 is 81.4 Å². The number of amides is 8. The van der Waals surface area contributed by atoms with Crippen molar-refractivity contribution in [2.24, 2.45) is 38.7 Å². The maximum absolute atomic E-state index is 12.6. The number of carboxylic acids is 2. The Bertz CT molecular complexity index is 1470. The molecule has 0 aromatic heterocycles. The van der Waals surface area contributed by atoms with Crippen molar-refractivity contribution < 1.29 is 58.2 Å². The third-order valence-electron chi connectivity index (χ3n) is 6.81. The van der Waals surface area contributed by atoms with Crippen LogP contribution in [0.15, 0.2) is 9.98 Å². The van der Waals surface area contributed by atoms with Crippen LogP contribution in [0.4, 0.5) is 0 Å². The van der Waals surface area contributed by atoms with Gasteiger partial charge in [0.1, 0.15) is 12.1 Å². The third-order valence-corrected chi connectivity index (χ3v) is 6.81. The molecular formula is C29H51N15O12. The Balaban J connectivity index is 4.64. The number of guanidine groups is 2. The maximum Gasteiger partial charge on any atom is 0.326 e. The van der Waals surface area contributed by atoms with Crippen molar-refractivity contribution in [3.63, 3.8) is 0 Å². The van der Waals surface area contributed by atoms with Gasteiger partial charge in [0.15, 0.2) is 11.9 Å². The van der Waals surface area contributed by atoms with Gasteiger partial charge >= 0.3 is 11.9 Å². The van der Waals surface area contributed by atoms with Crippen LogP contribution >= 0.6 is 0 Å². The minimum atomic E-state index is -1.47. The Labute approximate surface area is 319 Å². The molecule has 0 aliphatic rings. The van der Waals surface area contributed by atoms with Crippen LogP contribution in [0.2, 0.25) is 0 Å². The highest BCUT2D eigenvalue weighted by atomic mass is 16.4. The monoisotopic (exact) mass is 801 g/mol. The first-order chi connectivity index (χ1) is 26.3. The smallest absolute Gasteiger partial charge is 0.326 e. The van der Waals surface area contributed by atoms with E-state index >= 15 is 0 Å². The van der Waals surface area contributed by atoms with E-state index in [0.29, 0.717) is 6.42 Å². The summed E-state index contributed by atoms with van der Waals surface area (Å²) in [4.78, 5) is 127. The van der Waals surface area contributed by atoms with Crippen molar-refractivity contribution >= 4 is 71.1 Å². The van der Waals surface area contributed by atoms with Crippen LogP contribution < -0.4 is 71.2 Å². The molecule has 0 rings (SSSR count). The summed E-state index contributed by atoms with van der Waals surface area (Å²) in [5, 5.41) is 35.9. The number of carbonyl (C=O) groups excluding carboxylic acids is 8. The molecule has 27 heteroatoms. The highest BCUT2D eigenvalue weighted by molar-refractivity contribution is 5.94. The van der Waals surface area contributed by atoms with Crippen LogP contribution in [0.3, 0.4) is 0 Å². The minimum absolute atomic E-state index is 0.000329. The van der Waals surface area contributed by atoms with Crippen molar-refractivity contribution in [3.8, 4) is 0 Å². The SMILES string of the molecule is NC(N)=NCCC[C@H](NC(=O)CNC(=O)CNC(=O)CNC(=O)[C@H](CCC(=O)O)NC(=O)CNC(=O)CNC(=O)CNC(=O)[C@@H](N)CCCN=C(N)N)C(=O)O. The molecule has 0 saturated heterocycles. The van der Waals surface area contributed by atoms with Crippen LogP contribution in [-0.4, -0.2) is 152 Å². The minimum Gasteiger partial charge on any atom is -0.481 e. The van der Waals surface area contributed by atoms with E-state index in [1.807, 2.05) is 0 Å². The van der Waals surface area contributed by atoms with Crippen molar-refractivity contribution in [2.45, 2.75) is 56.7 Å². The number of rotatable bonds is 28. The van der Waals surface area contributed by atoms with Gasteiger partial charge in [0.25, 0.3) is 0 Å². The standard InChI is InChI=1S/C29H51N15O12/c30-15(3-1-7-35-28(31)32)25(53)41-11-20(47)37-9-18(45)39-13-22(49)43-16(5-6-24(51)52)26(54)42-12-21(48)38-10-19(46)40-14-23(50)44-17(27(55)56)4-2-8-36-29(33)34/h15-17H,1-14,30H2,(H,37,47)(H,38,48)(H,39,45)(H,40,46)(H,41,53)(H,42,54)(H,43,49)(H,44,50)(H,51,52)(H,55,56)(H4,31,32,35)(H4,33,34,36)/t15-,16-,17-/m0/s1. The van der Waals surface area contributed by atoms with Crippen molar-refractivity contribution in [3.05, 3.63) is 0 Å². The van der Waals surface area contributed by atoms with E-state index in [9.17, 15) is 53.1 Å². The second-order valence-corrected chi connectivity index (χ2v) is 11.6. The molecule has 0 bridgehead atoms. The maximum atomic E-state index is 12.6. The molecule has 0 aromatic carbocycles. The highest BCUT2D eigenvalue weighted by Gasteiger charge is 2.23. The first-order valence-corrected chi connectivity index (χ1v) is 16.8. The molecule has 27 nitrogen and oxygen atoms in total. The third kappa shape index (κ3) is 26.0. The summed E-state index contributed by atoms with van der Waals surface area (Å²) in [7, 11) is 0. The van der Waals surface area contributed by atoms with Gasteiger partial charge in [-0.05, 0) is 32.1 Å². The first kappa shape index (κ1) is 49.2. The second kappa shape index (κ2) is 27.8. The lowest BCUT2D eigenvalue weighted by Gasteiger charge is -2.18. The van der Waals surface area contributed by atoms with Gasteiger partial charge in [0, 0.05) is 19.5 Å². The lowest BCUT2D eigenvalue weighted by atomic mass is 10.1. The predicted molar refractivity (Wildman–Crippen MR) is 194 cm³/mol. The number of nitrogens with zero attached hydrogens (tertiary/aromatic N) is 2. The Morgan fingerprint density at radius 1 is 0.482 bits per heavy atom. The molecule has 0 saturated carbocycles. The van der Waals surface area contributed by atoms with E-state index in [0.717, 1.165) is 0 Å². The highest BCUT2D eigenvalue weighted by Crippen LogP contribution is 2.00. The van der Waals surface area contributed by atoms with Gasteiger partial charge in [-0.15, -0.1) is 0 Å². The molecular weight excluding hydrogens is 750 g/mol. The molecule has 0 aliphatic heterocycles. The van der Waals surface area contributed by atoms with Gasteiger partial charge in [0.2, 0.25) is 47.3 Å². The van der Waals surface area contributed by atoms with Crippen LogP contribution in [0.25, 0.3) is 0 Å². The Morgan fingerprint density at radius 2 is 0.857 bits per heavy atom. The Hall–Kier alpha value is -6.80. The molecule has 0 aromatic rings.